The fourth-order valence-electron chi connectivity index (χ4n) is 1.88. The second-order valence-corrected chi connectivity index (χ2v) is 5.85. The Morgan fingerprint density at radius 1 is 1.40 bits per heavy atom. The molecule has 0 aliphatic heterocycles. The molecule has 0 saturated heterocycles. The first-order valence-electron chi connectivity index (χ1n) is 6.75. The average molecular weight is 301 g/mol. The van der Waals surface area contributed by atoms with E-state index in [4.69, 9.17) is 16.3 Å². The third-order valence-electron chi connectivity index (χ3n) is 3.50. The van der Waals surface area contributed by atoms with E-state index in [9.17, 15) is 5.11 Å². The predicted molar refractivity (Wildman–Crippen MR) is 84.6 cm³/mol. The number of nitrogens with zero attached hydrogens (tertiary/aromatic N) is 1. The number of anilines is 1. The molecule has 0 bridgehead atoms. The number of methoxy groups -OCH3 is 1. The predicted octanol–water partition coefficient (Wildman–Crippen LogP) is 2.28. The normalized spacial score (nSPS) is 11.7. The van der Waals surface area contributed by atoms with Gasteiger partial charge in [0.05, 0.1) is 29.5 Å². The van der Waals surface area contributed by atoms with Gasteiger partial charge in [-0.05, 0) is 25.5 Å². The van der Waals surface area contributed by atoms with Crippen molar-refractivity contribution in [3.63, 3.8) is 0 Å². The van der Waals surface area contributed by atoms with Gasteiger partial charge in [-0.15, -0.1) is 0 Å². The second kappa shape index (κ2) is 7.84. The minimum Gasteiger partial charge on any atom is -0.394 e. The lowest BCUT2D eigenvalue weighted by atomic mass is 10.0. The van der Waals surface area contributed by atoms with Crippen LogP contribution in [-0.4, -0.2) is 44.6 Å². The number of ether oxygens (including phenoxy) is 1. The summed E-state index contributed by atoms with van der Waals surface area (Å²) >= 11 is 6.35. The van der Waals surface area contributed by atoms with Crippen LogP contribution in [0.15, 0.2) is 18.2 Å². The second-order valence-electron chi connectivity index (χ2n) is 5.45. The molecular formula is C15H25ClN2O2. The number of nitrogens with one attached hydrogen (secondary N) is 1. The van der Waals surface area contributed by atoms with Gasteiger partial charge in [0.15, 0.2) is 0 Å². The molecule has 4 nitrogen and oxygen atoms in total. The maximum absolute atomic E-state index is 9.54. The van der Waals surface area contributed by atoms with E-state index in [1.54, 1.807) is 7.11 Å². The van der Waals surface area contributed by atoms with E-state index in [1.165, 1.54) is 0 Å². The Bertz CT molecular complexity index is 424. The van der Waals surface area contributed by atoms with Gasteiger partial charge in [-0.25, -0.2) is 0 Å². The van der Waals surface area contributed by atoms with Gasteiger partial charge in [0.25, 0.3) is 0 Å². The molecule has 1 rings (SSSR count). The van der Waals surface area contributed by atoms with Gasteiger partial charge in [0, 0.05) is 27.2 Å². The highest BCUT2D eigenvalue weighted by atomic mass is 35.5. The van der Waals surface area contributed by atoms with E-state index in [0.29, 0.717) is 18.2 Å². The highest BCUT2D eigenvalue weighted by Gasteiger charge is 2.26. The van der Waals surface area contributed by atoms with Gasteiger partial charge in [-0.1, -0.05) is 23.7 Å². The van der Waals surface area contributed by atoms with Crippen LogP contribution in [0.1, 0.15) is 19.4 Å². The Morgan fingerprint density at radius 2 is 2.10 bits per heavy atom. The van der Waals surface area contributed by atoms with Crippen LogP contribution in [0.4, 0.5) is 5.69 Å². The number of hydrogen-bond acceptors (Lipinski definition) is 4. The van der Waals surface area contributed by atoms with Gasteiger partial charge in [-0.2, -0.15) is 0 Å². The van der Waals surface area contributed by atoms with Crippen molar-refractivity contribution in [3.05, 3.63) is 28.8 Å². The lowest BCUT2D eigenvalue weighted by molar-refractivity contribution is 0.199. The Kier molecular flexibility index (Phi) is 6.76. The minimum absolute atomic E-state index is 0.0608. The zero-order valence-electron chi connectivity index (χ0n) is 12.7. The molecule has 5 heteroatoms. The molecule has 0 aliphatic carbocycles. The maximum atomic E-state index is 9.54. The number of rotatable bonds is 8. The fraction of sp³-hybridized carbons (Fsp3) is 0.600. The first-order chi connectivity index (χ1) is 9.44. The molecule has 114 valence electrons. The zero-order chi connectivity index (χ0) is 15.2. The number of benzene rings is 1. The van der Waals surface area contributed by atoms with Crippen molar-refractivity contribution < 1.29 is 9.84 Å². The molecule has 1 aromatic rings. The van der Waals surface area contributed by atoms with Crippen molar-refractivity contribution in [2.45, 2.75) is 25.9 Å². The third kappa shape index (κ3) is 4.35. The highest BCUT2D eigenvalue weighted by molar-refractivity contribution is 6.33. The molecule has 0 amide bonds. The van der Waals surface area contributed by atoms with E-state index in [1.807, 2.05) is 44.0 Å². The van der Waals surface area contributed by atoms with Crippen molar-refractivity contribution in [2.24, 2.45) is 0 Å². The van der Waals surface area contributed by atoms with Crippen LogP contribution in [0.25, 0.3) is 0 Å². The van der Waals surface area contributed by atoms with E-state index in [-0.39, 0.29) is 12.1 Å². The summed E-state index contributed by atoms with van der Waals surface area (Å²) in [5, 5.41) is 13.6. The van der Waals surface area contributed by atoms with Crippen molar-refractivity contribution >= 4 is 17.3 Å². The number of halogens is 1. The molecule has 0 unspecified atom stereocenters. The van der Waals surface area contributed by atoms with Crippen LogP contribution < -0.4 is 10.2 Å². The number of aliphatic hydroxyl groups is 1. The first-order valence-corrected chi connectivity index (χ1v) is 7.13. The monoisotopic (exact) mass is 300 g/mol. The van der Waals surface area contributed by atoms with Crippen LogP contribution in [-0.2, 0) is 11.3 Å². The minimum atomic E-state index is -0.369. The summed E-state index contributed by atoms with van der Waals surface area (Å²) in [4.78, 5) is 2.03. The summed E-state index contributed by atoms with van der Waals surface area (Å²) in [6.07, 6.45) is 0. The Labute approximate surface area is 126 Å². The topological polar surface area (TPSA) is 44.7 Å². The lowest BCUT2D eigenvalue weighted by Gasteiger charge is -2.37. The van der Waals surface area contributed by atoms with Gasteiger partial charge >= 0.3 is 0 Å². The van der Waals surface area contributed by atoms with Gasteiger partial charge in [0.2, 0.25) is 0 Å². The molecule has 0 saturated carbocycles. The summed E-state index contributed by atoms with van der Waals surface area (Å²) in [6, 6.07) is 5.86. The molecular weight excluding hydrogens is 276 g/mol. The highest BCUT2D eigenvalue weighted by Crippen LogP contribution is 2.33. The average Bonchev–Trinajstić information content (AvgIpc) is 2.43. The molecule has 2 N–H and O–H groups in total. The summed E-state index contributed by atoms with van der Waals surface area (Å²) in [7, 11) is 3.64. The number of likely N-dealkylation sites (N-methyl/N-ethyl adjacent to an activating group) is 1. The van der Waals surface area contributed by atoms with Crippen LogP contribution in [0.3, 0.4) is 0 Å². The Hall–Kier alpha value is -0.810. The fourth-order valence-corrected chi connectivity index (χ4v) is 2.21. The Morgan fingerprint density at radius 3 is 2.70 bits per heavy atom. The summed E-state index contributed by atoms with van der Waals surface area (Å²) < 4.78 is 5.02. The van der Waals surface area contributed by atoms with Crippen molar-refractivity contribution in [1.82, 2.24) is 5.32 Å². The van der Waals surface area contributed by atoms with Crippen molar-refractivity contribution in [1.29, 1.82) is 0 Å². The molecule has 20 heavy (non-hydrogen) atoms. The standard InChI is InChI=1S/C15H25ClN2O2/c1-15(2,11-19)18(3)14-12(6-5-7-13(14)16)10-17-8-9-20-4/h5-7,17,19H,8-11H2,1-4H3. The van der Waals surface area contributed by atoms with E-state index < -0.39 is 0 Å². The number of hydrogen-bond donors (Lipinski definition) is 2. The molecule has 0 radical (unpaired) electrons. The lowest BCUT2D eigenvalue weighted by Crippen LogP contribution is -2.45. The summed E-state index contributed by atoms with van der Waals surface area (Å²) in [6.45, 7) is 6.21. The van der Waals surface area contributed by atoms with Crippen LogP contribution in [0.5, 0.6) is 0 Å². The quantitative estimate of drug-likeness (QED) is 0.723. The van der Waals surface area contributed by atoms with E-state index >= 15 is 0 Å². The number of para-hydroxylation sites is 1. The smallest absolute Gasteiger partial charge is 0.0658 e. The van der Waals surface area contributed by atoms with Crippen molar-refractivity contribution in [2.75, 3.05) is 38.8 Å². The number of aliphatic hydroxyl groups excluding tert-OH is 1. The van der Waals surface area contributed by atoms with Crippen LogP contribution in [0, 0.1) is 0 Å². The molecule has 0 aromatic heterocycles. The molecule has 0 heterocycles. The maximum Gasteiger partial charge on any atom is 0.0658 e. The third-order valence-corrected chi connectivity index (χ3v) is 3.80. The summed E-state index contributed by atoms with van der Waals surface area (Å²) in [5.74, 6) is 0. The van der Waals surface area contributed by atoms with Gasteiger partial charge < -0.3 is 20.1 Å². The molecule has 0 aliphatic rings. The van der Waals surface area contributed by atoms with Crippen LogP contribution in [0.2, 0.25) is 5.02 Å². The summed E-state index contributed by atoms with van der Waals surface area (Å²) in [5.41, 5.74) is 1.70. The molecule has 0 fully saturated rings. The van der Waals surface area contributed by atoms with Gasteiger partial charge in [-0.3, -0.25) is 0 Å². The van der Waals surface area contributed by atoms with Crippen LogP contribution >= 0.6 is 11.6 Å². The SMILES string of the molecule is COCCNCc1cccc(Cl)c1N(C)C(C)(C)CO. The first kappa shape index (κ1) is 17.2. The van der Waals surface area contributed by atoms with E-state index in [2.05, 4.69) is 5.32 Å². The molecule has 1 aromatic carbocycles. The Balaban J connectivity index is 2.93. The van der Waals surface area contributed by atoms with Gasteiger partial charge in [0.1, 0.15) is 0 Å². The molecule has 0 spiro atoms. The molecule has 0 atom stereocenters. The van der Waals surface area contributed by atoms with E-state index in [0.717, 1.165) is 17.8 Å². The zero-order valence-corrected chi connectivity index (χ0v) is 13.5. The largest absolute Gasteiger partial charge is 0.394 e. The van der Waals surface area contributed by atoms with Crippen molar-refractivity contribution in [3.8, 4) is 0 Å².